The number of nitrogens with one attached hydrogen (secondary N) is 2. The molecular weight excluding hydrogens is 578 g/mol. The lowest BCUT2D eigenvalue weighted by atomic mass is 10.1. The van der Waals surface area contributed by atoms with Gasteiger partial charge in [0.05, 0.1) is 16.9 Å². The monoisotopic (exact) mass is 619 g/mol. The first kappa shape index (κ1) is 30.5. The number of ether oxygens (including phenoxy) is 2. The van der Waals surface area contributed by atoms with Gasteiger partial charge in [-0.2, -0.15) is 14.3 Å². The summed E-state index contributed by atoms with van der Waals surface area (Å²) in [5.41, 5.74) is 4.43. The topological polar surface area (TPSA) is 116 Å². The van der Waals surface area contributed by atoms with Gasteiger partial charge in [0.15, 0.2) is 0 Å². The molecule has 11 nitrogen and oxygen atoms in total. The van der Waals surface area contributed by atoms with Crippen molar-refractivity contribution in [2.45, 2.75) is 30.7 Å². The Balaban J connectivity index is 1.22. The Hall–Kier alpha value is -3.55. The number of hydrogen-bond donors (Lipinski definition) is 2. The van der Waals surface area contributed by atoms with Crippen LogP contribution in [0.2, 0.25) is 0 Å². The molecule has 2 aromatic carbocycles. The molecule has 4 heterocycles. The normalized spacial score (nSPS) is 17.2. The van der Waals surface area contributed by atoms with Crippen molar-refractivity contribution in [3.05, 3.63) is 60.3 Å². The van der Waals surface area contributed by atoms with Crippen LogP contribution in [0.3, 0.4) is 0 Å². The van der Waals surface area contributed by atoms with Gasteiger partial charge in [0, 0.05) is 70.4 Å². The molecule has 234 valence electrons. The number of fused-ring (bicyclic) bond motifs is 1. The molecule has 6 rings (SSSR count). The molecule has 2 fully saturated rings. The molecule has 2 aromatic heterocycles. The zero-order chi connectivity index (χ0) is 30.5. The number of aromatic amines is 1. The van der Waals surface area contributed by atoms with Crippen LogP contribution >= 0.6 is 0 Å². The van der Waals surface area contributed by atoms with Gasteiger partial charge < -0.3 is 24.7 Å². The fraction of sp³-hybridized carbons (Fsp3) is 0.438. The lowest BCUT2D eigenvalue weighted by molar-refractivity contribution is 0.144. The molecule has 2 saturated heterocycles. The largest absolute Gasteiger partial charge is 0.475 e. The first-order valence-corrected chi connectivity index (χ1v) is 16.7. The van der Waals surface area contributed by atoms with Crippen molar-refractivity contribution in [3.8, 4) is 17.0 Å². The maximum absolute atomic E-state index is 13.2. The van der Waals surface area contributed by atoms with Crippen molar-refractivity contribution in [2.75, 3.05) is 72.0 Å². The van der Waals surface area contributed by atoms with E-state index >= 15 is 0 Å². The number of methoxy groups -OCH3 is 1. The number of piperidine rings is 1. The molecule has 0 saturated carbocycles. The van der Waals surface area contributed by atoms with E-state index in [0.29, 0.717) is 48.7 Å². The Morgan fingerprint density at radius 3 is 2.32 bits per heavy atom. The number of sulfonamides is 1. The average Bonchev–Trinajstić information content (AvgIpc) is 3.48. The average molecular weight is 620 g/mol. The fourth-order valence-corrected chi connectivity index (χ4v) is 7.27. The third kappa shape index (κ3) is 6.89. The van der Waals surface area contributed by atoms with Crippen LogP contribution in [0.5, 0.6) is 5.88 Å². The molecule has 2 N–H and O–H groups in total. The minimum absolute atomic E-state index is 0.303. The van der Waals surface area contributed by atoms with Crippen molar-refractivity contribution in [2.24, 2.45) is 0 Å². The highest BCUT2D eigenvalue weighted by atomic mass is 32.2. The summed E-state index contributed by atoms with van der Waals surface area (Å²) in [6.07, 6.45) is 4.73. The van der Waals surface area contributed by atoms with E-state index in [-0.39, 0.29) is 0 Å². The Morgan fingerprint density at radius 1 is 0.886 bits per heavy atom. The first-order valence-electron chi connectivity index (χ1n) is 15.3. The molecule has 0 unspecified atom stereocenters. The van der Waals surface area contributed by atoms with E-state index in [9.17, 15) is 8.42 Å². The number of nitrogens with zero attached hydrogens (tertiary/aromatic N) is 5. The van der Waals surface area contributed by atoms with Crippen LogP contribution in [0.25, 0.3) is 22.2 Å². The predicted molar refractivity (Wildman–Crippen MR) is 172 cm³/mol. The van der Waals surface area contributed by atoms with E-state index in [2.05, 4.69) is 39.3 Å². The Morgan fingerprint density at radius 2 is 1.61 bits per heavy atom. The quantitative estimate of drug-likeness (QED) is 0.237. The van der Waals surface area contributed by atoms with Gasteiger partial charge in [0.2, 0.25) is 21.9 Å². The molecule has 0 atom stereocenters. The highest BCUT2D eigenvalue weighted by Gasteiger charge is 2.26. The molecular formula is C32H41N7O4S. The van der Waals surface area contributed by atoms with Crippen molar-refractivity contribution in [1.82, 2.24) is 29.1 Å². The van der Waals surface area contributed by atoms with E-state index in [0.717, 1.165) is 74.2 Å². The molecule has 0 amide bonds. The van der Waals surface area contributed by atoms with Gasteiger partial charge in [-0.05, 0) is 55.3 Å². The SMILES string of the molecule is COCCOc1nc(Nc2ccc(CN3CCN(C)CC3)cc2)nc2[nH]cc(-c3ccc(S(=O)(=O)N4CCCCC4)cc3)c12. The number of hydrogen-bond acceptors (Lipinski definition) is 9. The maximum Gasteiger partial charge on any atom is 0.243 e. The summed E-state index contributed by atoms with van der Waals surface area (Å²) in [7, 11) is 0.283. The molecule has 2 aliphatic rings. The van der Waals surface area contributed by atoms with Crippen LogP contribution in [0, 0.1) is 0 Å². The molecule has 0 aliphatic carbocycles. The van der Waals surface area contributed by atoms with Crippen LogP contribution in [-0.2, 0) is 21.3 Å². The number of piperazine rings is 1. The van der Waals surface area contributed by atoms with Gasteiger partial charge in [0.1, 0.15) is 12.3 Å². The highest BCUT2D eigenvalue weighted by Crippen LogP contribution is 2.35. The van der Waals surface area contributed by atoms with E-state index in [1.54, 1.807) is 23.5 Å². The standard InChI is InChI=1S/C32H41N7O4S/c1-37-16-18-38(19-17-37)23-24-6-10-26(11-7-24)34-32-35-30-29(31(36-32)43-21-20-42-2)28(22-33-30)25-8-12-27(13-9-25)44(40,41)39-14-4-3-5-15-39/h6-13,22H,3-5,14-21,23H2,1-2H3,(H2,33,34,35,36). The molecule has 4 aromatic rings. The fourth-order valence-electron chi connectivity index (χ4n) is 5.76. The summed E-state index contributed by atoms with van der Waals surface area (Å²) in [6, 6.07) is 15.4. The molecule has 0 bridgehead atoms. The van der Waals surface area contributed by atoms with E-state index in [1.807, 2.05) is 30.5 Å². The van der Waals surface area contributed by atoms with Crippen LogP contribution in [0.4, 0.5) is 11.6 Å². The zero-order valence-corrected chi connectivity index (χ0v) is 26.3. The number of H-pyrrole nitrogens is 1. The Labute approximate surface area is 259 Å². The number of likely N-dealkylation sites (N-methyl/N-ethyl adjacent to an activating group) is 1. The van der Waals surface area contributed by atoms with Crippen molar-refractivity contribution < 1.29 is 17.9 Å². The number of rotatable bonds is 11. The lowest BCUT2D eigenvalue weighted by Gasteiger charge is -2.32. The molecule has 0 spiro atoms. The summed E-state index contributed by atoms with van der Waals surface area (Å²) >= 11 is 0. The third-order valence-corrected chi connectivity index (χ3v) is 10.3. The molecule has 44 heavy (non-hydrogen) atoms. The van der Waals surface area contributed by atoms with Gasteiger partial charge in [-0.25, -0.2) is 8.42 Å². The summed E-state index contributed by atoms with van der Waals surface area (Å²) in [4.78, 5) is 17.9. The second-order valence-electron chi connectivity index (χ2n) is 11.5. The second-order valence-corrected chi connectivity index (χ2v) is 13.4. The third-order valence-electron chi connectivity index (χ3n) is 8.35. The Bertz CT molecular complexity index is 1640. The summed E-state index contributed by atoms with van der Waals surface area (Å²) in [5, 5.41) is 4.05. The lowest BCUT2D eigenvalue weighted by Crippen LogP contribution is -2.43. The smallest absolute Gasteiger partial charge is 0.243 e. The van der Waals surface area contributed by atoms with Crippen LogP contribution < -0.4 is 10.1 Å². The first-order chi connectivity index (χ1) is 21.4. The summed E-state index contributed by atoms with van der Waals surface area (Å²) in [6.45, 7) is 7.16. The van der Waals surface area contributed by atoms with Crippen molar-refractivity contribution in [1.29, 1.82) is 0 Å². The molecule has 12 heteroatoms. The molecule has 0 radical (unpaired) electrons. The second kappa shape index (κ2) is 13.6. The summed E-state index contributed by atoms with van der Waals surface area (Å²) < 4.78 is 39.2. The number of anilines is 2. The van der Waals surface area contributed by atoms with E-state index in [1.165, 1.54) is 5.56 Å². The number of benzene rings is 2. The van der Waals surface area contributed by atoms with Gasteiger partial charge in [-0.1, -0.05) is 30.7 Å². The van der Waals surface area contributed by atoms with Crippen molar-refractivity contribution >= 4 is 32.7 Å². The van der Waals surface area contributed by atoms with Crippen LogP contribution in [-0.4, -0.2) is 104 Å². The van der Waals surface area contributed by atoms with Crippen LogP contribution in [0.15, 0.2) is 59.6 Å². The number of aromatic nitrogens is 3. The minimum Gasteiger partial charge on any atom is -0.475 e. The van der Waals surface area contributed by atoms with Crippen molar-refractivity contribution in [3.63, 3.8) is 0 Å². The van der Waals surface area contributed by atoms with Gasteiger partial charge in [0.25, 0.3) is 0 Å². The van der Waals surface area contributed by atoms with Gasteiger partial charge in [-0.15, -0.1) is 0 Å². The highest BCUT2D eigenvalue weighted by molar-refractivity contribution is 7.89. The minimum atomic E-state index is -3.51. The van der Waals surface area contributed by atoms with Gasteiger partial charge in [-0.3, -0.25) is 4.90 Å². The maximum atomic E-state index is 13.2. The predicted octanol–water partition coefficient (Wildman–Crippen LogP) is 4.32. The van der Waals surface area contributed by atoms with Crippen LogP contribution in [0.1, 0.15) is 24.8 Å². The zero-order valence-electron chi connectivity index (χ0n) is 25.5. The Kier molecular flexibility index (Phi) is 9.43. The molecule has 2 aliphatic heterocycles. The van der Waals surface area contributed by atoms with Gasteiger partial charge >= 0.3 is 0 Å². The van der Waals surface area contributed by atoms with E-state index < -0.39 is 10.0 Å². The summed E-state index contributed by atoms with van der Waals surface area (Å²) in [5.74, 6) is 0.829. The van der Waals surface area contributed by atoms with E-state index in [4.69, 9.17) is 19.4 Å².